The van der Waals surface area contributed by atoms with Gasteiger partial charge in [-0.1, -0.05) is 13.8 Å². The molecular formula is C10H16N4O3. The standard InChI is InChI=1S/C10H16N4O3/c1-6(2)8(9(15)16)14-10(17)11-3-7-4-12-13-5-7/h4-6,8H,3H2,1-2H3,(H,12,13)(H,15,16)(H2,11,14,17). The van der Waals surface area contributed by atoms with Crippen LogP contribution in [0.4, 0.5) is 4.79 Å². The van der Waals surface area contributed by atoms with Crippen molar-refractivity contribution in [3.8, 4) is 0 Å². The van der Waals surface area contributed by atoms with Gasteiger partial charge in [-0.15, -0.1) is 0 Å². The summed E-state index contributed by atoms with van der Waals surface area (Å²) in [7, 11) is 0. The predicted octanol–water partition coefficient (Wildman–Crippen LogP) is 0.318. The molecule has 1 atom stereocenters. The van der Waals surface area contributed by atoms with E-state index in [0.717, 1.165) is 5.56 Å². The smallest absolute Gasteiger partial charge is 0.326 e. The lowest BCUT2D eigenvalue weighted by Crippen LogP contribution is -2.48. The van der Waals surface area contributed by atoms with Gasteiger partial charge in [0.1, 0.15) is 6.04 Å². The van der Waals surface area contributed by atoms with Crippen LogP contribution >= 0.6 is 0 Å². The number of carboxylic acid groups (broad SMARTS) is 1. The van der Waals surface area contributed by atoms with E-state index in [2.05, 4.69) is 20.8 Å². The Balaban J connectivity index is 2.40. The zero-order chi connectivity index (χ0) is 12.8. The highest BCUT2D eigenvalue weighted by atomic mass is 16.4. The van der Waals surface area contributed by atoms with E-state index in [4.69, 9.17) is 5.11 Å². The zero-order valence-corrected chi connectivity index (χ0v) is 9.73. The third-order valence-electron chi connectivity index (χ3n) is 2.23. The minimum Gasteiger partial charge on any atom is -0.480 e. The molecule has 4 N–H and O–H groups in total. The van der Waals surface area contributed by atoms with Gasteiger partial charge < -0.3 is 15.7 Å². The lowest BCUT2D eigenvalue weighted by molar-refractivity contribution is -0.140. The highest BCUT2D eigenvalue weighted by Gasteiger charge is 2.23. The highest BCUT2D eigenvalue weighted by molar-refractivity contribution is 5.82. The molecule has 0 aliphatic carbocycles. The topological polar surface area (TPSA) is 107 Å². The van der Waals surface area contributed by atoms with E-state index in [-0.39, 0.29) is 5.92 Å². The quantitative estimate of drug-likeness (QED) is 0.594. The molecule has 0 spiro atoms. The Morgan fingerprint density at radius 2 is 2.24 bits per heavy atom. The van der Waals surface area contributed by atoms with Gasteiger partial charge in [0, 0.05) is 18.3 Å². The van der Waals surface area contributed by atoms with Crippen LogP contribution < -0.4 is 10.6 Å². The molecule has 0 aliphatic rings. The second kappa shape index (κ2) is 5.88. The first-order valence-corrected chi connectivity index (χ1v) is 5.25. The van der Waals surface area contributed by atoms with E-state index in [1.807, 2.05) is 0 Å². The molecule has 0 bridgehead atoms. The van der Waals surface area contributed by atoms with Crippen molar-refractivity contribution < 1.29 is 14.7 Å². The van der Waals surface area contributed by atoms with Gasteiger partial charge in [-0.05, 0) is 5.92 Å². The molecule has 0 fully saturated rings. The molecule has 17 heavy (non-hydrogen) atoms. The van der Waals surface area contributed by atoms with Crippen LogP contribution in [-0.4, -0.2) is 33.3 Å². The zero-order valence-electron chi connectivity index (χ0n) is 9.73. The van der Waals surface area contributed by atoms with Gasteiger partial charge in [0.05, 0.1) is 6.20 Å². The largest absolute Gasteiger partial charge is 0.480 e. The molecular weight excluding hydrogens is 224 g/mol. The summed E-state index contributed by atoms with van der Waals surface area (Å²) in [6.07, 6.45) is 3.23. The van der Waals surface area contributed by atoms with Gasteiger partial charge in [0.15, 0.2) is 0 Å². The van der Waals surface area contributed by atoms with Crippen molar-refractivity contribution in [1.82, 2.24) is 20.8 Å². The first kappa shape index (κ1) is 13.0. The fraction of sp³-hybridized carbons (Fsp3) is 0.500. The molecule has 0 saturated heterocycles. The molecule has 94 valence electrons. The Labute approximate surface area is 98.6 Å². The van der Waals surface area contributed by atoms with Gasteiger partial charge in [-0.25, -0.2) is 9.59 Å². The Bertz CT molecular complexity index is 375. The molecule has 1 rings (SSSR count). The lowest BCUT2D eigenvalue weighted by atomic mass is 10.1. The number of hydrogen-bond acceptors (Lipinski definition) is 3. The summed E-state index contributed by atoms with van der Waals surface area (Å²) >= 11 is 0. The fourth-order valence-corrected chi connectivity index (χ4v) is 1.26. The van der Waals surface area contributed by atoms with E-state index in [9.17, 15) is 9.59 Å². The molecule has 2 amide bonds. The number of aromatic amines is 1. The maximum atomic E-state index is 11.4. The number of carbonyl (C=O) groups excluding carboxylic acids is 1. The highest BCUT2D eigenvalue weighted by Crippen LogP contribution is 2.01. The van der Waals surface area contributed by atoms with Crippen molar-refractivity contribution in [2.75, 3.05) is 0 Å². The van der Waals surface area contributed by atoms with Crippen molar-refractivity contribution in [2.24, 2.45) is 5.92 Å². The van der Waals surface area contributed by atoms with Crippen LogP contribution in [0.5, 0.6) is 0 Å². The number of aliphatic carboxylic acids is 1. The van der Waals surface area contributed by atoms with Gasteiger partial charge in [-0.2, -0.15) is 5.10 Å². The predicted molar refractivity (Wildman–Crippen MR) is 60.2 cm³/mol. The van der Waals surface area contributed by atoms with Crippen molar-refractivity contribution in [2.45, 2.75) is 26.4 Å². The lowest BCUT2D eigenvalue weighted by Gasteiger charge is -2.18. The molecule has 0 aliphatic heterocycles. The van der Waals surface area contributed by atoms with E-state index in [1.54, 1.807) is 26.2 Å². The SMILES string of the molecule is CC(C)C(NC(=O)NCc1cn[nH]c1)C(=O)O. The number of H-pyrrole nitrogens is 1. The molecule has 0 aromatic carbocycles. The maximum absolute atomic E-state index is 11.4. The number of carboxylic acids is 1. The van der Waals surface area contributed by atoms with Crippen molar-refractivity contribution >= 4 is 12.0 Å². The molecule has 0 radical (unpaired) electrons. The van der Waals surface area contributed by atoms with Crippen molar-refractivity contribution in [3.63, 3.8) is 0 Å². The van der Waals surface area contributed by atoms with Crippen LogP contribution in [0.2, 0.25) is 0 Å². The van der Waals surface area contributed by atoms with Crippen molar-refractivity contribution in [3.05, 3.63) is 18.0 Å². The molecule has 1 aromatic rings. The Morgan fingerprint density at radius 1 is 1.53 bits per heavy atom. The third kappa shape index (κ3) is 4.13. The number of aromatic nitrogens is 2. The molecule has 7 heteroatoms. The van der Waals surface area contributed by atoms with E-state index in [0.29, 0.717) is 6.54 Å². The number of rotatable bonds is 5. The number of hydrogen-bond donors (Lipinski definition) is 4. The monoisotopic (exact) mass is 240 g/mol. The number of nitrogens with zero attached hydrogens (tertiary/aromatic N) is 1. The average molecular weight is 240 g/mol. The fourth-order valence-electron chi connectivity index (χ4n) is 1.26. The summed E-state index contributed by atoms with van der Waals surface area (Å²) in [6.45, 7) is 3.76. The number of nitrogens with one attached hydrogen (secondary N) is 3. The van der Waals surface area contributed by atoms with Crippen molar-refractivity contribution in [1.29, 1.82) is 0 Å². The summed E-state index contributed by atoms with van der Waals surface area (Å²) in [5.74, 6) is -1.22. The Hall–Kier alpha value is -2.05. The van der Waals surface area contributed by atoms with Gasteiger partial charge in [-0.3, -0.25) is 5.10 Å². The number of urea groups is 1. The molecule has 7 nitrogen and oxygen atoms in total. The first-order valence-electron chi connectivity index (χ1n) is 5.25. The van der Waals surface area contributed by atoms with Crippen LogP contribution in [0.3, 0.4) is 0 Å². The molecule has 1 aromatic heterocycles. The van der Waals surface area contributed by atoms with Crippen LogP contribution in [0, 0.1) is 5.92 Å². The summed E-state index contributed by atoms with van der Waals surface area (Å²) < 4.78 is 0. The number of amides is 2. The molecule has 1 unspecified atom stereocenters. The van der Waals surface area contributed by atoms with E-state index in [1.165, 1.54) is 0 Å². The van der Waals surface area contributed by atoms with E-state index < -0.39 is 18.0 Å². The minimum atomic E-state index is -1.04. The normalized spacial score (nSPS) is 12.2. The Kier molecular flexibility index (Phi) is 4.50. The Morgan fingerprint density at radius 3 is 2.71 bits per heavy atom. The first-order chi connectivity index (χ1) is 8.00. The van der Waals surface area contributed by atoms with E-state index >= 15 is 0 Å². The average Bonchev–Trinajstić information content (AvgIpc) is 2.74. The summed E-state index contributed by atoms with van der Waals surface area (Å²) in [5, 5.41) is 20.2. The van der Waals surface area contributed by atoms with Crippen LogP contribution in [-0.2, 0) is 11.3 Å². The summed E-state index contributed by atoms with van der Waals surface area (Å²) in [6, 6.07) is -1.40. The number of carbonyl (C=O) groups is 2. The van der Waals surface area contributed by atoms with Crippen LogP contribution in [0.15, 0.2) is 12.4 Å². The minimum absolute atomic E-state index is 0.174. The molecule has 0 saturated carbocycles. The second-order valence-electron chi connectivity index (χ2n) is 3.99. The van der Waals surface area contributed by atoms with Gasteiger partial charge in [0.2, 0.25) is 0 Å². The summed E-state index contributed by atoms with van der Waals surface area (Å²) in [5.41, 5.74) is 0.816. The molecule has 1 heterocycles. The third-order valence-corrected chi connectivity index (χ3v) is 2.23. The van der Waals surface area contributed by atoms with Gasteiger partial charge >= 0.3 is 12.0 Å². The maximum Gasteiger partial charge on any atom is 0.326 e. The van der Waals surface area contributed by atoms with Crippen LogP contribution in [0.25, 0.3) is 0 Å². The summed E-state index contributed by atoms with van der Waals surface area (Å²) in [4.78, 5) is 22.3. The van der Waals surface area contributed by atoms with Gasteiger partial charge in [0.25, 0.3) is 0 Å². The van der Waals surface area contributed by atoms with Crippen LogP contribution in [0.1, 0.15) is 19.4 Å². The second-order valence-corrected chi connectivity index (χ2v) is 3.99.